The molecule has 1 unspecified atom stereocenters. The van der Waals surface area contributed by atoms with Gasteiger partial charge >= 0.3 is 0 Å². The third-order valence-electron chi connectivity index (χ3n) is 3.93. The molecule has 1 aromatic rings. The van der Waals surface area contributed by atoms with Crippen LogP contribution in [0.15, 0.2) is 12.1 Å². The lowest BCUT2D eigenvalue weighted by Crippen LogP contribution is -2.52. The minimum atomic E-state index is -0.147. The number of anilines is 1. The lowest BCUT2D eigenvalue weighted by Gasteiger charge is -2.42. The highest BCUT2D eigenvalue weighted by atomic mass is 35.5. The Kier molecular flexibility index (Phi) is 4.12. The predicted molar refractivity (Wildman–Crippen MR) is 85.9 cm³/mol. The highest BCUT2D eigenvalue weighted by molar-refractivity contribution is 6.31. The van der Waals surface area contributed by atoms with Crippen molar-refractivity contribution >= 4 is 17.4 Å². The number of morpholine rings is 1. The van der Waals surface area contributed by atoms with Crippen molar-refractivity contribution in [3.8, 4) is 0 Å². The Bertz CT molecular complexity index is 516. The Balaban J connectivity index is 1.75. The smallest absolute Gasteiger partial charge is 0.129 e. The van der Waals surface area contributed by atoms with Crippen molar-refractivity contribution in [3.63, 3.8) is 0 Å². The minimum Gasteiger partial charge on any atom is -0.369 e. The number of nitrogens with one attached hydrogen (secondary N) is 1. The van der Waals surface area contributed by atoms with E-state index < -0.39 is 0 Å². The molecule has 0 bridgehead atoms. The van der Waals surface area contributed by atoms with Crippen molar-refractivity contribution in [2.45, 2.75) is 57.9 Å². The van der Waals surface area contributed by atoms with Gasteiger partial charge in [-0.2, -0.15) is 0 Å². The molecule has 2 aliphatic rings. The summed E-state index contributed by atoms with van der Waals surface area (Å²) < 4.78 is 5.96. The van der Waals surface area contributed by atoms with Crippen LogP contribution in [0.5, 0.6) is 0 Å². The van der Waals surface area contributed by atoms with Crippen LogP contribution in [0.3, 0.4) is 0 Å². The minimum absolute atomic E-state index is 0.147. The van der Waals surface area contributed by atoms with Crippen molar-refractivity contribution in [2.75, 3.05) is 18.0 Å². The van der Waals surface area contributed by atoms with Gasteiger partial charge < -0.3 is 15.0 Å². The van der Waals surface area contributed by atoms with E-state index in [0.717, 1.165) is 36.2 Å². The van der Waals surface area contributed by atoms with E-state index in [0.29, 0.717) is 6.04 Å². The molecule has 1 aliphatic carbocycles. The largest absolute Gasteiger partial charge is 0.369 e. The number of halogens is 1. The van der Waals surface area contributed by atoms with E-state index in [1.807, 2.05) is 12.1 Å². The van der Waals surface area contributed by atoms with Crippen LogP contribution in [0.1, 0.15) is 39.3 Å². The van der Waals surface area contributed by atoms with Gasteiger partial charge in [0.2, 0.25) is 0 Å². The molecule has 4 nitrogen and oxygen atoms in total. The zero-order valence-electron chi connectivity index (χ0n) is 13.0. The molecule has 1 N–H and O–H groups in total. The van der Waals surface area contributed by atoms with Crippen LogP contribution >= 0.6 is 11.6 Å². The van der Waals surface area contributed by atoms with Crippen LogP contribution in [0.4, 0.5) is 5.82 Å². The summed E-state index contributed by atoms with van der Waals surface area (Å²) in [5.41, 5.74) is 0.795. The van der Waals surface area contributed by atoms with Crippen LogP contribution in [-0.2, 0) is 11.3 Å². The SMILES string of the molecule is CC1CN(c2ccc(Cl)c(CNC3CC3)n2)CC(C)(C)O1. The molecule has 1 saturated heterocycles. The van der Waals surface area contributed by atoms with E-state index in [2.05, 4.69) is 31.0 Å². The second-order valence-corrected chi connectivity index (χ2v) is 7.23. The zero-order chi connectivity index (χ0) is 15.0. The first kappa shape index (κ1) is 15.1. The van der Waals surface area contributed by atoms with E-state index in [9.17, 15) is 0 Å². The number of rotatable bonds is 4. The molecular formula is C16H24ClN3O. The van der Waals surface area contributed by atoms with E-state index in [1.54, 1.807) is 0 Å². The lowest BCUT2D eigenvalue weighted by molar-refractivity contribution is -0.0751. The van der Waals surface area contributed by atoms with Crippen LogP contribution in [0.2, 0.25) is 5.02 Å². The van der Waals surface area contributed by atoms with Gasteiger partial charge in [-0.3, -0.25) is 0 Å². The summed E-state index contributed by atoms with van der Waals surface area (Å²) in [6.45, 7) is 8.83. The second-order valence-electron chi connectivity index (χ2n) is 6.82. The van der Waals surface area contributed by atoms with Crippen LogP contribution in [-0.4, -0.2) is 35.8 Å². The molecule has 21 heavy (non-hydrogen) atoms. The number of ether oxygens (including phenoxy) is 1. The molecule has 3 rings (SSSR count). The molecule has 1 aliphatic heterocycles. The van der Waals surface area contributed by atoms with Gasteiger partial charge in [0.05, 0.1) is 22.4 Å². The lowest BCUT2D eigenvalue weighted by atomic mass is 10.1. The Morgan fingerprint density at radius 3 is 2.86 bits per heavy atom. The van der Waals surface area contributed by atoms with Crippen LogP contribution in [0, 0.1) is 0 Å². The van der Waals surface area contributed by atoms with Gasteiger partial charge in [-0.25, -0.2) is 4.98 Å². The molecule has 2 heterocycles. The molecule has 116 valence electrons. The molecular weight excluding hydrogens is 286 g/mol. The molecule has 1 saturated carbocycles. The van der Waals surface area contributed by atoms with Gasteiger partial charge in [0, 0.05) is 25.7 Å². The monoisotopic (exact) mass is 309 g/mol. The zero-order valence-corrected chi connectivity index (χ0v) is 13.8. The quantitative estimate of drug-likeness (QED) is 0.928. The van der Waals surface area contributed by atoms with Gasteiger partial charge in [0.25, 0.3) is 0 Å². The summed E-state index contributed by atoms with van der Waals surface area (Å²) in [4.78, 5) is 7.07. The number of nitrogens with zero attached hydrogens (tertiary/aromatic N) is 2. The fraction of sp³-hybridized carbons (Fsp3) is 0.688. The van der Waals surface area contributed by atoms with Crippen molar-refractivity contribution < 1.29 is 4.74 Å². The first-order valence-corrected chi connectivity index (χ1v) is 8.12. The van der Waals surface area contributed by atoms with Crippen LogP contribution in [0.25, 0.3) is 0 Å². The van der Waals surface area contributed by atoms with Gasteiger partial charge in [0.1, 0.15) is 5.82 Å². The molecule has 0 radical (unpaired) electrons. The Labute approximate surface area is 131 Å². The first-order chi connectivity index (χ1) is 9.93. The first-order valence-electron chi connectivity index (χ1n) is 7.74. The highest BCUT2D eigenvalue weighted by Gasteiger charge is 2.32. The molecule has 2 fully saturated rings. The van der Waals surface area contributed by atoms with Crippen molar-refractivity contribution in [3.05, 3.63) is 22.8 Å². The third kappa shape index (κ3) is 3.87. The van der Waals surface area contributed by atoms with E-state index in [4.69, 9.17) is 21.3 Å². The Hall–Kier alpha value is -0.840. The topological polar surface area (TPSA) is 37.4 Å². The van der Waals surface area contributed by atoms with Gasteiger partial charge in [-0.15, -0.1) is 0 Å². The molecule has 1 atom stereocenters. The normalized spacial score (nSPS) is 25.1. The van der Waals surface area contributed by atoms with Gasteiger partial charge in [-0.1, -0.05) is 11.6 Å². The number of pyridine rings is 1. The standard InChI is InChI=1S/C16H24ClN3O/c1-11-9-20(10-16(2,3)21-11)15-7-6-13(17)14(19-15)8-18-12-4-5-12/h6-7,11-12,18H,4-5,8-10H2,1-3H3. The molecule has 5 heteroatoms. The summed E-state index contributed by atoms with van der Waals surface area (Å²) in [6.07, 6.45) is 2.75. The van der Waals surface area contributed by atoms with E-state index >= 15 is 0 Å². The predicted octanol–water partition coefficient (Wildman–Crippen LogP) is 2.99. The van der Waals surface area contributed by atoms with Crippen molar-refractivity contribution in [2.24, 2.45) is 0 Å². The summed E-state index contributed by atoms with van der Waals surface area (Å²) in [5.74, 6) is 0.996. The van der Waals surface area contributed by atoms with Crippen molar-refractivity contribution in [1.82, 2.24) is 10.3 Å². The molecule has 0 aromatic carbocycles. The third-order valence-corrected chi connectivity index (χ3v) is 4.28. The molecule has 0 spiro atoms. The van der Waals surface area contributed by atoms with Gasteiger partial charge in [0.15, 0.2) is 0 Å². The summed E-state index contributed by atoms with van der Waals surface area (Å²) in [5, 5.41) is 4.22. The summed E-state index contributed by atoms with van der Waals surface area (Å²) in [6, 6.07) is 4.63. The molecule has 0 amide bonds. The fourth-order valence-electron chi connectivity index (χ4n) is 2.93. The van der Waals surface area contributed by atoms with E-state index in [-0.39, 0.29) is 11.7 Å². The number of hydrogen-bond donors (Lipinski definition) is 1. The number of hydrogen-bond acceptors (Lipinski definition) is 4. The average Bonchev–Trinajstić information content (AvgIpc) is 3.19. The molecule has 1 aromatic heterocycles. The number of aromatic nitrogens is 1. The van der Waals surface area contributed by atoms with E-state index in [1.165, 1.54) is 12.8 Å². The maximum Gasteiger partial charge on any atom is 0.129 e. The van der Waals surface area contributed by atoms with Gasteiger partial charge in [-0.05, 0) is 45.7 Å². The Morgan fingerprint density at radius 1 is 1.43 bits per heavy atom. The average molecular weight is 310 g/mol. The summed E-state index contributed by atoms with van der Waals surface area (Å²) in [7, 11) is 0. The Morgan fingerprint density at radius 2 is 2.19 bits per heavy atom. The maximum atomic E-state index is 6.28. The summed E-state index contributed by atoms with van der Waals surface area (Å²) >= 11 is 6.28. The fourth-order valence-corrected chi connectivity index (χ4v) is 3.10. The maximum absolute atomic E-state index is 6.28. The second kappa shape index (κ2) is 5.75. The highest BCUT2D eigenvalue weighted by Crippen LogP contribution is 2.27. The van der Waals surface area contributed by atoms with Crippen LogP contribution < -0.4 is 10.2 Å². The van der Waals surface area contributed by atoms with Crippen molar-refractivity contribution in [1.29, 1.82) is 0 Å².